The molecule has 0 saturated heterocycles. The zero-order valence-corrected chi connectivity index (χ0v) is 17.8. The fourth-order valence-electron chi connectivity index (χ4n) is 2.51. The van der Waals surface area contributed by atoms with Crippen molar-refractivity contribution in [2.24, 2.45) is 0 Å². The molecule has 0 bridgehead atoms. The molecular weight excluding hydrogens is 409 g/mol. The lowest BCUT2D eigenvalue weighted by Gasteiger charge is -2.28. The minimum atomic E-state index is -3.26. The zero-order chi connectivity index (χ0) is 20.4. The fraction of sp³-hybridized carbons (Fsp3) is 0.316. The lowest BCUT2D eigenvalue weighted by Crippen LogP contribution is -2.39. The van der Waals surface area contributed by atoms with Crippen LogP contribution in [0, 0.1) is 0 Å². The highest BCUT2D eigenvalue weighted by molar-refractivity contribution is 7.90. The van der Waals surface area contributed by atoms with Gasteiger partial charge in [-0.25, -0.2) is 8.42 Å². The number of ether oxygens (including phenoxy) is 1. The van der Waals surface area contributed by atoms with Crippen LogP contribution in [-0.2, 0) is 14.6 Å². The zero-order valence-electron chi connectivity index (χ0n) is 15.4. The maximum Gasteiger partial charge on any atom is 0.263 e. The van der Waals surface area contributed by atoms with Crippen LogP contribution in [0.3, 0.4) is 0 Å². The van der Waals surface area contributed by atoms with E-state index in [9.17, 15) is 13.2 Å². The van der Waals surface area contributed by atoms with Crippen LogP contribution in [-0.4, -0.2) is 38.6 Å². The smallest absolute Gasteiger partial charge is 0.263 e. The first-order valence-corrected chi connectivity index (χ1v) is 10.8. The van der Waals surface area contributed by atoms with Crippen molar-refractivity contribution in [3.05, 3.63) is 58.1 Å². The minimum absolute atomic E-state index is 0.235. The van der Waals surface area contributed by atoms with Crippen LogP contribution >= 0.6 is 23.2 Å². The van der Waals surface area contributed by atoms with Crippen molar-refractivity contribution in [2.45, 2.75) is 30.9 Å². The van der Waals surface area contributed by atoms with Gasteiger partial charge in [-0.2, -0.15) is 0 Å². The molecule has 0 N–H and O–H groups in total. The Hall–Kier alpha value is -1.76. The van der Waals surface area contributed by atoms with E-state index in [2.05, 4.69) is 0 Å². The van der Waals surface area contributed by atoms with Gasteiger partial charge in [-0.1, -0.05) is 35.3 Å². The lowest BCUT2D eigenvalue weighted by molar-refractivity contribution is -0.138. The fourth-order valence-corrected chi connectivity index (χ4v) is 3.59. The van der Waals surface area contributed by atoms with E-state index in [1.54, 1.807) is 49.2 Å². The maximum absolute atomic E-state index is 12.7. The monoisotopic (exact) mass is 429 g/mol. The molecule has 2 atom stereocenters. The van der Waals surface area contributed by atoms with Gasteiger partial charge in [-0.3, -0.25) is 4.79 Å². The average molecular weight is 430 g/mol. The number of amides is 1. The molecule has 1 amide bonds. The molecule has 2 unspecified atom stereocenters. The van der Waals surface area contributed by atoms with E-state index >= 15 is 0 Å². The van der Waals surface area contributed by atoms with E-state index in [0.717, 1.165) is 11.8 Å². The molecule has 146 valence electrons. The summed E-state index contributed by atoms with van der Waals surface area (Å²) in [5, 5.41) is 0.809. The molecule has 0 saturated carbocycles. The van der Waals surface area contributed by atoms with Gasteiger partial charge in [0, 0.05) is 18.3 Å². The molecule has 0 fully saturated rings. The number of benzene rings is 2. The third-order valence-corrected chi connectivity index (χ3v) is 5.92. The molecule has 2 aromatic carbocycles. The van der Waals surface area contributed by atoms with Gasteiger partial charge in [0.05, 0.1) is 16.0 Å². The van der Waals surface area contributed by atoms with Crippen LogP contribution in [0.15, 0.2) is 47.4 Å². The first-order valence-electron chi connectivity index (χ1n) is 8.19. The normalized spacial score (nSPS) is 13.7. The van der Waals surface area contributed by atoms with Gasteiger partial charge in [0.2, 0.25) is 0 Å². The van der Waals surface area contributed by atoms with E-state index < -0.39 is 15.9 Å². The molecule has 8 heteroatoms. The highest BCUT2D eigenvalue weighted by Crippen LogP contribution is 2.29. The summed E-state index contributed by atoms with van der Waals surface area (Å²) >= 11 is 11.9. The number of likely N-dealkylation sites (N-methyl/N-ethyl adjacent to an activating group) is 1. The molecule has 2 rings (SSSR count). The summed E-state index contributed by atoms with van der Waals surface area (Å²) in [6, 6.07) is 11.0. The van der Waals surface area contributed by atoms with Crippen LogP contribution in [0.1, 0.15) is 25.5 Å². The van der Waals surface area contributed by atoms with Gasteiger partial charge in [0.15, 0.2) is 15.9 Å². The second-order valence-electron chi connectivity index (χ2n) is 6.30. The van der Waals surface area contributed by atoms with Gasteiger partial charge in [0.25, 0.3) is 5.91 Å². The van der Waals surface area contributed by atoms with Crippen molar-refractivity contribution in [3.8, 4) is 5.75 Å². The van der Waals surface area contributed by atoms with Gasteiger partial charge in [-0.05, 0) is 49.7 Å². The first kappa shape index (κ1) is 21.5. The molecule has 0 radical (unpaired) electrons. The quantitative estimate of drug-likeness (QED) is 0.682. The molecule has 0 aliphatic rings. The van der Waals surface area contributed by atoms with E-state index in [4.69, 9.17) is 27.9 Å². The van der Waals surface area contributed by atoms with Gasteiger partial charge < -0.3 is 9.64 Å². The van der Waals surface area contributed by atoms with Crippen molar-refractivity contribution in [1.82, 2.24) is 4.90 Å². The lowest BCUT2D eigenvalue weighted by atomic mass is 10.1. The van der Waals surface area contributed by atoms with Gasteiger partial charge in [0.1, 0.15) is 5.75 Å². The number of hydrogen-bond donors (Lipinski definition) is 0. The van der Waals surface area contributed by atoms with Crippen LogP contribution < -0.4 is 4.74 Å². The second kappa shape index (κ2) is 8.50. The number of carbonyl (C=O) groups is 1. The van der Waals surface area contributed by atoms with Crippen LogP contribution in [0.25, 0.3) is 0 Å². The number of carbonyl (C=O) groups excluding carboxylic acids is 1. The van der Waals surface area contributed by atoms with Gasteiger partial charge in [-0.15, -0.1) is 0 Å². The number of nitrogens with zero attached hydrogens (tertiary/aromatic N) is 1. The minimum Gasteiger partial charge on any atom is -0.479 e. The highest BCUT2D eigenvalue weighted by atomic mass is 35.5. The van der Waals surface area contributed by atoms with Crippen LogP contribution in [0.2, 0.25) is 10.0 Å². The molecule has 0 aliphatic carbocycles. The third kappa shape index (κ3) is 5.37. The molecule has 27 heavy (non-hydrogen) atoms. The Morgan fingerprint density at radius 2 is 1.67 bits per heavy atom. The summed E-state index contributed by atoms with van der Waals surface area (Å²) < 4.78 is 28.8. The number of halogens is 2. The highest BCUT2D eigenvalue weighted by Gasteiger charge is 2.24. The van der Waals surface area contributed by atoms with E-state index in [1.165, 1.54) is 12.1 Å². The summed E-state index contributed by atoms with van der Waals surface area (Å²) in [7, 11) is -1.59. The first-order chi connectivity index (χ1) is 12.5. The Balaban J connectivity index is 2.10. The predicted octanol–water partition coefficient (Wildman–Crippen LogP) is 4.38. The molecule has 2 aromatic rings. The van der Waals surface area contributed by atoms with E-state index in [0.29, 0.717) is 15.8 Å². The standard InChI is InChI=1S/C19H21Cl2NO4S/c1-12(14-5-8-16(9-6-14)27(4,24)25)22(3)19(23)13(2)26-18-10-7-15(20)11-17(18)21/h5-13H,1-4H3. The van der Waals surface area contributed by atoms with Crippen molar-refractivity contribution >= 4 is 38.9 Å². The van der Waals surface area contributed by atoms with Crippen molar-refractivity contribution in [2.75, 3.05) is 13.3 Å². The number of rotatable bonds is 6. The maximum atomic E-state index is 12.7. The summed E-state index contributed by atoms with van der Waals surface area (Å²) in [6.07, 6.45) is 0.397. The van der Waals surface area contributed by atoms with Crippen molar-refractivity contribution in [3.63, 3.8) is 0 Å². The van der Waals surface area contributed by atoms with Crippen LogP contribution in [0.4, 0.5) is 0 Å². The second-order valence-corrected chi connectivity index (χ2v) is 9.16. The Kier molecular flexibility index (Phi) is 6.78. The SMILES string of the molecule is CC(Oc1ccc(Cl)cc1Cl)C(=O)N(C)C(C)c1ccc(S(C)(=O)=O)cc1. The van der Waals surface area contributed by atoms with Crippen molar-refractivity contribution in [1.29, 1.82) is 0 Å². The third-order valence-electron chi connectivity index (χ3n) is 4.26. The Morgan fingerprint density at radius 3 is 2.19 bits per heavy atom. The largest absolute Gasteiger partial charge is 0.479 e. The summed E-state index contributed by atoms with van der Waals surface area (Å²) in [5.41, 5.74) is 0.815. The molecule has 0 spiro atoms. The van der Waals surface area contributed by atoms with E-state index in [1.807, 2.05) is 6.92 Å². The number of sulfone groups is 1. The molecule has 0 aliphatic heterocycles. The molecule has 5 nitrogen and oxygen atoms in total. The topological polar surface area (TPSA) is 63.7 Å². The molecular formula is C19H21Cl2NO4S. The Labute approximate surface area is 169 Å². The average Bonchev–Trinajstić information content (AvgIpc) is 2.61. The van der Waals surface area contributed by atoms with Crippen molar-refractivity contribution < 1.29 is 17.9 Å². The molecule has 0 heterocycles. The molecule has 0 aromatic heterocycles. The van der Waals surface area contributed by atoms with Crippen LogP contribution in [0.5, 0.6) is 5.75 Å². The van der Waals surface area contributed by atoms with Gasteiger partial charge >= 0.3 is 0 Å². The summed E-state index contributed by atoms with van der Waals surface area (Å²) in [4.78, 5) is 14.5. The summed E-state index contributed by atoms with van der Waals surface area (Å²) in [6.45, 7) is 3.50. The predicted molar refractivity (Wildman–Crippen MR) is 107 cm³/mol. The number of hydrogen-bond acceptors (Lipinski definition) is 4. The summed E-state index contributed by atoms with van der Waals surface area (Å²) in [5.74, 6) is 0.140. The Bertz CT molecular complexity index is 929. The Morgan fingerprint density at radius 1 is 1.07 bits per heavy atom. The van der Waals surface area contributed by atoms with E-state index in [-0.39, 0.29) is 16.8 Å².